The van der Waals surface area contributed by atoms with Crippen LogP contribution < -0.4 is 0 Å². The Bertz CT molecular complexity index is 77.2. The third kappa shape index (κ3) is 5.04. The molecule has 0 aliphatic rings. The molecule has 0 nitrogen and oxygen atoms in total. The van der Waals surface area contributed by atoms with Crippen LogP contribution in [0.4, 0.5) is 0 Å². The lowest BCUT2D eigenvalue weighted by Crippen LogP contribution is -2.23. The first-order valence-electron chi connectivity index (χ1n) is 4.49. The smallest absolute Gasteiger partial charge is 0.0445 e. The summed E-state index contributed by atoms with van der Waals surface area (Å²) in [5, 5.41) is 0. The molecule has 0 fully saturated rings. The summed E-state index contributed by atoms with van der Waals surface area (Å²) in [6.45, 7) is 12.0. The topological polar surface area (TPSA) is 0 Å². The normalized spacial score (nSPS) is 12.6. The van der Waals surface area contributed by atoms with Crippen molar-refractivity contribution in [2.75, 3.05) is 0 Å². The van der Waals surface area contributed by atoms with Crippen LogP contribution in [0.5, 0.6) is 0 Å². The summed E-state index contributed by atoms with van der Waals surface area (Å²) < 4.78 is 0. The second-order valence-electron chi connectivity index (χ2n) is 4.45. The van der Waals surface area contributed by atoms with E-state index in [0.717, 1.165) is 5.92 Å². The molecule has 1 heteroatoms. The van der Waals surface area contributed by atoms with Crippen LogP contribution in [-0.2, 0) is 0 Å². The molecule has 10 heavy (non-hydrogen) atoms. The highest BCUT2D eigenvalue weighted by atomic mass is 28.3. The van der Waals surface area contributed by atoms with E-state index in [2.05, 4.69) is 33.5 Å². The van der Waals surface area contributed by atoms with Gasteiger partial charge in [0.25, 0.3) is 0 Å². The summed E-state index contributed by atoms with van der Waals surface area (Å²) in [6, 6.07) is 1.51. The first kappa shape index (κ1) is 10.2. The third-order valence-electron chi connectivity index (χ3n) is 2.06. The van der Waals surface area contributed by atoms with Gasteiger partial charge >= 0.3 is 0 Å². The van der Waals surface area contributed by atoms with Crippen molar-refractivity contribution in [2.24, 2.45) is 5.92 Å². The van der Waals surface area contributed by atoms with Crippen molar-refractivity contribution in [3.63, 3.8) is 0 Å². The molecule has 0 aromatic heterocycles. The van der Waals surface area contributed by atoms with Crippen molar-refractivity contribution >= 4 is 8.07 Å². The van der Waals surface area contributed by atoms with Gasteiger partial charge in [-0.15, -0.1) is 0 Å². The first-order chi connectivity index (χ1) is 4.49. The van der Waals surface area contributed by atoms with Crippen molar-refractivity contribution < 1.29 is 0 Å². The van der Waals surface area contributed by atoms with Crippen molar-refractivity contribution in [1.29, 1.82) is 0 Å². The minimum atomic E-state index is -0.762. The zero-order valence-electron chi connectivity index (χ0n) is 8.20. The van der Waals surface area contributed by atoms with Gasteiger partial charge in [-0.2, -0.15) is 0 Å². The molecule has 0 saturated heterocycles. The van der Waals surface area contributed by atoms with Gasteiger partial charge in [0.05, 0.1) is 0 Å². The van der Waals surface area contributed by atoms with E-state index in [1.165, 1.54) is 18.9 Å². The van der Waals surface area contributed by atoms with Crippen LogP contribution in [-0.4, -0.2) is 8.07 Å². The maximum atomic E-state index is 2.46. The lowest BCUT2D eigenvalue weighted by molar-refractivity contribution is 0.536. The van der Waals surface area contributed by atoms with Crippen LogP contribution >= 0.6 is 0 Å². The van der Waals surface area contributed by atoms with Gasteiger partial charge in [-0.3, -0.25) is 0 Å². The van der Waals surface area contributed by atoms with Gasteiger partial charge in [0.2, 0.25) is 0 Å². The van der Waals surface area contributed by atoms with E-state index >= 15 is 0 Å². The second kappa shape index (κ2) is 4.17. The van der Waals surface area contributed by atoms with Gasteiger partial charge in [-0.1, -0.05) is 52.4 Å². The Kier molecular flexibility index (Phi) is 4.26. The van der Waals surface area contributed by atoms with Crippen molar-refractivity contribution in [3.8, 4) is 0 Å². The van der Waals surface area contributed by atoms with E-state index in [1.54, 1.807) is 0 Å². The molecular formula is C9H22Si. The maximum absolute atomic E-state index is 2.46. The SMILES string of the molecule is CCC(CC)C[Si](C)(C)C. The number of hydrogen-bond acceptors (Lipinski definition) is 0. The molecule has 0 atom stereocenters. The Hall–Kier alpha value is 0.217. The molecule has 0 aliphatic carbocycles. The first-order valence-corrected chi connectivity index (χ1v) is 8.20. The lowest BCUT2D eigenvalue weighted by Gasteiger charge is -2.22. The van der Waals surface area contributed by atoms with Crippen LogP contribution in [0, 0.1) is 5.92 Å². The molecule has 0 bridgehead atoms. The molecule has 0 saturated carbocycles. The van der Waals surface area contributed by atoms with Crippen LogP contribution in [0.1, 0.15) is 26.7 Å². The predicted octanol–water partition coefficient (Wildman–Crippen LogP) is 3.76. The molecule has 0 heterocycles. The highest BCUT2D eigenvalue weighted by Crippen LogP contribution is 2.21. The Morgan fingerprint density at radius 3 is 1.50 bits per heavy atom. The van der Waals surface area contributed by atoms with E-state index in [-0.39, 0.29) is 0 Å². The third-order valence-corrected chi connectivity index (χ3v) is 3.86. The summed E-state index contributed by atoms with van der Waals surface area (Å²) in [5.41, 5.74) is 0. The van der Waals surface area contributed by atoms with Gasteiger partial charge in [0, 0.05) is 8.07 Å². The second-order valence-corrected chi connectivity index (χ2v) is 9.98. The fourth-order valence-electron chi connectivity index (χ4n) is 1.44. The highest BCUT2D eigenvalue weighted by Gasteiger charge is 2.17. The van der Waals surface area contributed by atoms with E-state index in [4.69, 9.17) is 0 Å². The van der Waals surface area contributed by atoms with Gasteiger partial charge in [0.15, 0.2) is 0 Å². The van der Waals surface area contributed by atoms with Crippen LogP contribution in [0.2, 0.25) is 25.7 Å². The Morgan fingerprint density at radius 1 is 1.00 bits per heavy atom. The molecule has 0 amide bonds. The van der Waals surface area contributed by atoms with Crippen LogP contribution in [0.15, 0.2) is 0 Å². The largest absolute Gasteiger partial charge is 0.0695 e. The van der Waals surface area contributed by atoms with Crippen molar-refractivity contribution in [1.82, 2.24) is 0 Å². The van der Waals surface area contributed by atoms with Gasteiger partial charge in [-0.05, 0) is 5.92 Å². The van der Waals surface area contributed by atoms with E-state index in [1.807, 2.05) is 0 Å². The minimum absolute atomic E-state index is 0.762. The van der Waals surface area contributed by atoms with Crippen molar-refractivity contribution in [3.05, 3.63) is 0 Å². The van der Waals surface area contributed by atoms with Crippen LogP contribution in [0.3, 0.4) is 0 Å². The predicted molar refractivity (Wildman–Crippen MR) is 52.2 cm³/mol. The summed E-state index contributed by atoms with van der Waals surface area (Å²) in [7, 11) is -0.762. The zero-order valence-corrected chi connectivity index (χ0v) is 9.20. The quantitative estimate of drug-likeness (QED) is 0.546. The minimum Gasteiger partial charge on any atom is -0.0695 e. The molecule has 0 rings (SSSR count). The summed E-state index contributed by atoms with van der Waals surface area (Å²) in [5.74, 6) is 1.01. The lowest BCUT2D eigenvalue weighted by atomic mass is 10.1. The standard InChI is InChI=1S/C9H22Si/c1-6-9(7-2)8-10(3,4)5/h9H,6-8H2,1-5H3. The maximum Gasteiger partial charge on any atom is 0.0445 e. The van der Waals surface area contributed by atoms with Crippen LogP contribution in [0.25, 0.3) is 0 Å². The summed E-state index contributed by atoms with van der Waals surface area (Å²) in [6.07, 6.45) is 2.75. The van der Waals surface area contributed by atoms with E-state index < -0.39 is 8.07 Å². The zero-order chi connectivity index (χ0) is 8.20. The fraction of sp³-hybridized carbons (Fsp3) is 1.00. The molecular weight excluding hydrogens is 136 g/mol. The van der Waals surface area contributed by atoms with Gasteiger partial charge < -0.3 is 0 Å². The summed E-state index contributed by atoms with van der Waals surface area (Å²) >= 11 is 0. The Balaban J connectivity index is 3.63. The fourth-order valence-corrected chi connectivity index (χ4v) is 3.75. The Morgan fingerprint density at radius 2 is 1.40 bits per heavy atom. The monoisotopic (exact) mass is 158 g/mol. The Labute approximate surface area is 67.0 Å². The molecule has 0 unspecified atom stereocenters. The van der Waals surface area contributed by atoms with Crippen molar-refractivity contribution in [2.45, 2.75) is 52.4 Å². The molecule has 0 aliphatic heterocycles. The molecule has 0 aromatic carbocycles. The number of hydrogen-bond donors (Lipinski definition) is 0. The molecule has 0 N–H and O–H groups in total. The average Bonchev–Trinajstić information content (AvgIpc) is 1.81. The molecule has 62 valence electrons. The highest BCUT2D eigenvalue weighted by molar-refractivity contribution is 6.76. The van der Waals surface area contributed by atoms with E-state index in [9.17, 15) is 0 Å². The number of rotatable bonds is 4. The molecule has 0 spiro atoms. The van der Waals surface area contributed by atoms with Gasteiger partial charge in [0.1, 0.15) is 0 Å². The average molecular weight is 158 g/mol. The molecule has 0 aromatic rings. The molecule has 0 radical (unpaired) electrons. The van der Waals surface area contributed by atoms with Gasteiger partial charge in [-0.25, -0.2) is 0 Å². The van der Waals surface area contributed by atoms with E-state index in [0.29, 0.717) is 0 Å². The summed E-state index contributed by atoms with van der Waals surface area (Å²) in [4.78, 5) is 0.